The Bertz CT molecular complexity index is 517. The van der Waals surface area contributed by atoms with E-state index in [1.807, 2.05) is 11.8 Å². The highest BCUT2D eigenvalue weighted by molar-refractivity contribution is 7.97. The van der Waals surface area contributed by atoms with E-state index in [2.05, 4.69) is 50.2 Å². The van der Waals surface area contributed by atoms with Crippen LogP contribution in [0, 0.1) is 13.8 Å². The highest BCUT2D eigenvalue weighted by Gasteiger charge is 2.12. The zero-order valence-electron chi connectivity index (χ0n) is 12.1. The Kier molecular flexibility index (Phi) is 4.42. The van der Waals surface area contributed by atoms with Gasteiger partial charge < -0.3 is 0 Å². The van der Waals surface area contributed by atoms with Gasteiger partial charge in [0.1, 0.15) is 11.5 Å². The highest BCUT2D eigenvalue weighted by Crippen LogP contribution is 2.26. The summed E-state index contributed by atoms with van der Waals surface area (Å²) in [7, 11) is 0. The summed E-state index contributed by atoms with van der Waals surface area (Å²) in [6.07, 6.45) is 0. The van der Waals surface area contributed by atoms with Gasteiger partial charge in [0, 0.05) is 22.6 Å². The molecule has 0 N–H and O–H groups in total. The molecule has 1 aliphatic heterocycles. The summed E-state index contributed by atoms with van der Waals surface area (Å²) < 4.78 is 0. The first-order valence-corrected chi connectivity index (χ1v) is 9.53. The SMILES string of the molecule is Cc1c2cccc1C[SH+]Cc1cccc(c1C)CSC2. The van der Waals surface area contributed by atoms with Gasteiger partial charge in [-0.05, 0) is 47.9 Å². The number of hydrogen-bond donors (Lipinski definition) is 0. The number of fused-ring (bicyclic) bond motifs is 4. The number of hydrogen-bond acceptors (Lipinski definition) is 1. The highest BCUT2D eigenvalue weighted by atomic mass is 32.2. The van der Waals surface area contributed by atoms with E-state index in [1.165, 1.54) is 56.6 Å². The van der Waals surface area contributed by atoms with Gasteiger partial charge >= 0.3 is 0 Å². The molecule has 1 heterocycles. The average Bonchev–Trinajstić information content (AvgIpc) is 2.45. The van der Waals surface area contributed by atoms with E-state index in [1.54, 1.807) is 0 Å². The summed E-state index contributed by atoms with van der Waals surface area (Å²) in [6, 6.07) is 13.6. The maximum atomic E-state index is 2.30. The van der Waals surface area contributed by atoms with Gasteiger partial charge in [-0.1, -0.05) is 36.4 Å². The minimum absolute atomic E-state index is 1.13. The van der Waals surface area contributed by atoms with Crippen LogP contribution in [0.15, 0.2) is 36.4 Å². The van der Waals surface area contributed by atoms with Crippen LogP contribution in [-0.4, -0.2) is 0 Å². The molecule has 1 aliphatic rings. The maximum absolute atomic E-state index is 2.30. The average molecular weight is 302 g/mol. The lowest BCUT2D eigenvalue weighted by atomic mass is 10.0. The Morgan fingerprint density at radius 1 is 0.750 bits per heavy atom. The Balaban J connectivity index is 1.93. The van der Waals surface area contributed by atoms with Crippen molar-refractivity contribution in [3.8, 4) is 0 Å². The third-order valence-corrected chi connectivity index (χ3v) is 6.35. The van der Waals surface area contributed by atoms with Crippen molar-refractivity contribution in [3.05, 3.63) is 69.8 Å². The van der Waals surface area contributed by atoms with Gasteiger partial charge in [-0.25, -0.2) is 0 Å². The Labute approximate surface area is 130 Å². The number of benzene rings is 2. The molecule has 4 bridgehead atoms. The summed E-state index contributed by atoms with van der Waals surface area (Å²) in [5.41, 5.74) is 9.09. The molecule has 0 aromatic heterocycles. The molecule has 2 heteroatoms. The molecule has 2 aromatic carbocycles. The van der Waals surface area contributed by atoms with Crippen molar-refractivity contribution in [2.24, 2.45) is 0 Å². The fourth-order valence-corrected chi connectivity index (χ4v) is 5.14. The zero-order valence-corrected chi connectivity index (χ0v) is 13.9. The molecule has 0 spiro atoms. The molecule has 3 rings (SSSR count). The second-order valence-corrected chi connectivity index (χ2v) is 7.50. The van der Waals surface area contributed by atoms with E-state index in [4.69, 9.17) is 0 Å². The van der Waals surface area contributed by atoms with Crippen molar-refractivity contribution >= 4 is 23.5 Å². The maximum Gasteiger partial charge on any atom is 0.131 e. The van der Waals surface area contributed by atoms with Crippen LogP contribution < -0.4 is 0 Å². The lowest BCUT2D eigenvalue weighted by molar-refractivity contribution is 1.19. The van der Waals surface area contributed by atoms with E-state index < -0.39 is 0 Å². The van der Waals surface area contributed by atoms with Gasteiger partial charge in [-0.15, -0.1) is 0 Å². The first kappa shape index (κ1) is 14.1. The van der Waals surface area contributed by atoms with Gasteiger partial charge in [0.25, 0.3) is 0 Å². The van der Waals surface area contributed by atoms with E-state index in [0.29, 0.717) is 0 Å². The number of rotatable bonds is 0. The lowest BCUT2D eigenvalue weighted by Crippen LogP contribution is -2.02. The lowest BCUT2D eigenvalue weighted by Gasteiger charge is -2.13. The molecule has 104 valence electrons. The Morgan fingerprint density at radius 2 is 1.20 bits per heavy atom. The van der Waals surface area contributed by atoms with Gasteiger partial charge in [0.15, 0.2) is 0 Å². The molecular weight excluding hydrogens is 280 g/mol. The van der Waals surface area contributed by atoms with Crippen LogP contribution in [0.25, 0.3) is 0 Å². The Hall–Kier alpha value is -0.860. The fourth-order valence-electron chi connectivity index (χ4n) is 2.70. The van der Waals surface area contributed by atoms with Crippen molar-refractivity contribution in [3.63, 3.8) is 0 Å². The molecule has 0 unspecified atom stereocenters. The summed E-state index contributed by atoms with van der Waals surface area (Å²) >= 11 is 3.55. The molecule has 0 radical (unpaired) electrons. The van der Waals surface area contributed by atoms with Crippen molar-refractivity contribution < 1.29 is 0 Å². The molecule has 2 aromatic rings. The van der Waals surface area contributed by atoms with Crippen LogP contribution in [0.1, 0.15) is 33.4 Å². The van der Waals surface area contributed by atoms with Crippen LogP contribution in [0.3, 0.4) is 0 Å². The van der Waals surface area contributed by atoms with Crippen LogP contribution in [-0.2, 0) is 34.8 Å². The molecule has 0 saturated heterocycles. The predicted molar refractivity (Wildman–Crippen MR) is 93.5 cm³/mol. The monoisotopic (exact) mass is 301 g/mol. The van der Waals surface area contributed by atoms with Crippen molar-refractivity contribution in [2.75, 3.05) is 0 Å². The standard InChI is InChI=1S/C18H20S2/c1-13-15-5-3-6-16(13)10-20-12-18-8-4-7-17(14(18)2)11-19-9-15/h3-8H,9-12H2,1-2H3/p+1. The number of thioether (sulfide) groups is 1. The molecule has 0 nitrogen and oxygen atoms in total. The first-order chi connectivity index (χ1) is 9.75. The fraction of sp³-hybridized carbons (Fsp3) is 0.333. The normalized spacial score (nSPS) is 15.3. The number of thiol groups is 1. The molecule has 0 amide bonds. The molecule has 0 saturated carbocycles. The zero-order chi connectivity index (χ0) is 13.9. The summed E-state index contributed by atoms with van der Waals surface area (Å²) in [5.74, 6) is 4.60. The first-order valence-electron chi connectivity index (χ1n) is 7.11. The van der Waals surface area contributed by atoms with E-state index in [0.717, 1.165) is 11.5 Å². The molecule has 0 atom stereocenters. The largest absolute Gasteiger partial charge is 0.152 e. The van der Waals surface area contributed by atoms with Gasteiger partial charge in [-0.2, -0.15) is 11.8 Å². The van der Waals surface area contributed by atoms with Crippen molar-refractivity contribution in [1.82, 2.24) is 0 Å². The van der Waals surface area contributed by atoms with E-state index in [9.17, 15) is 0 Å². The van der Waals surface area contributed by atoms with Gasteiger partial charge in [-0.3, -0.25) is 0 Å². The topological polar surface area (TPSA) is 0 Å². The molecule has 0 aliphatic carbocycles. The summed E-state index contributed by atoms with van der Waals surface area (Å²) in [6.45, 7) is 4.58. The van der Waals surface area contributed by atoms with Crippen LogP contribution in [0.2, 0.25) is 0 Å². The van der Waals surface area contributed by atoms with Gasteiger partial charge in [0.05, 0.1) is 0 Å². The third-order valence-electron chi connectivity index (χ3n) is 4.20. The summed E-state index contributed by atoms with van der Waals surface area (Å²) in [4.78, 5) is 0. The minimum Gasteiger partial charge on any atom is -0.152 e. The molecule has 0 fully saturated rings. The molecular formula is C18H21S2+. The minimum atomic E-state index is 1.13. The van der Waals surface area contributed by atoms with Crippen molar-refractivity contribution in [2.45, 2.75) is 36.9 Å². The third kappa shape index (κ3) is 2.91. The van der Waals surface area contributed by atoms with Gasteiger partial charge in [0.2, 0.25) is 0 Å². The molecule has 20 heavy (non-hydrogen) atoms. The Morgan fingerprint density at radius 3 is 1.70 bits per heavy atom. The second kappa shape index (κ2) is 6.28. The second-order valence-electron chi connectivity index (χ2n) is 5.44. The van der Waals surface area contributed by atoms with Crippen LogP contribution in [0.4, 0.5) is 0 Å². The van der Waals surface area contributed by atoms with Crippen LogP contribution in [0.5, 0.6) is 0 Å². The summed E-state index contributed by atoms with van der Waals surface area (Å²) in [5, 5.41) is 0. The quantitative estimate of drug-likeness (QED) is 0.507. The van der Waals surface area contributed by atoms with Crippen molar-refractivity contribution in [1.29, 1.82) is 0 Å². The van der Waals surface area contributed by atoms with Crippen LogP contribution >= 0.6 is 11.8 Å². The predicted octanol–water partition coefficient (Wildman–Crippen LogP) is 4.57. The van der Waals surface area contributed by atoms with E-state index in [-0.39, 0.29) is 0 Å². The smallest absolute Gasteiger partial charge is 0.131 e. The van der Waals surface area contributed by atoms with E-state index >= 15 is 0 Å².